The van der Waals surface area contributed by atoms with Gasteiger partial charge in [0.15, 0.2) is 0 Å². The normalized spacial score (nSPS) is 12.6. The first-order valence-corrected chi connectivity index (χ1v) is 16.5. The van der Waals surface area contributed by atoms with E-state index in [0.717, 1.165) is 25.3 Å². The largest absolute Gasteiger partial charge is 0.508 e. The maximum atomic E-state index is 11.3. The zero-order valence-electron chi connectivity index (χ0n) is 28.2. The van der Waals surface area contributed by atoms with Gasteiger partial charge < -0.3 is 39.9 Å². The molecule has 4 aromatic carbocycles. The third kappa shape index (κ3) is 11.9. The van der Waals surface area contributed by atoms with E-state index in [1.54, 1.807) is 18.2 Å². The van der Waals surface area contributed by atoms with Crippen molar-refractivity contribution in [3.05, 3.63) is 125 Å². The van der Waals surface area contributed by atoms with Crippen LogP contribution in [0.2, 0.25) is 0 Å². The Morgan fingerprint density at radius 1 is 0.796 bits per heavy atom. The van der Waals surface area contributed by atoms with Gasteiger partial charge in [-0.3, -0.25) is 4.79 Å². The van der Waals surface area contributed by atoms with Gasteiger partial charge in [-0.15, -0.1) is 0 Å². The summed E-state index contributed by atoms with van der Waals surface area (Å²) < 4.78 is 17.3. The molecule has 0 bridgehead atoms. The molecule has 2 atom stereocenters. The van der Waals surface area contributed by atoms with Gasteiger partial charge in [0.2, 0.25) is 0 Å². The standard InChI is InChI=1S/C39H47N3O7/c1-3-35(30-7-5-4-6-8-30)38(31-10-14-33(43)15-11-31)32-12-16-34(17-13-32)48-22-20-42(2)19-21-46-23-24-47-25-26-49-41-28-29-9-18-37(44)36(27-29)39(40)45/h4-18,27-28,35,38,43-44H,3,19-26H2,1-2H3,(H2,40,45)/b41-28+. The number of nitrogens with zero attached hydrogens (tertiary/aromatic N) is 2. The maximum Gasteiger partial charge on any atom is 0.252 e. The summed E-state index contributed by atoms with van der Waals surface area (Å²) in [6.45, 7) is 6.40. The molecule has 0 aliphatic heterocycles. The predicted molar refractivity (Wildman–Crippen MR) is 191 cm³/mol. The lowest BCUT2D eigenvalue weighted by Crippen LogP contribution is -2.28. The summed E-state index contributed by atoms with van der Waals surface area (Å²) >= 11 is 0. The van der Waals surface area contributed by atoms with E-state index in [0.29, 0.717) is 44.5 Å². The molecule has 0 saturated heterocycles. The molecule has 4 rings (SSSR count). The summed E-state index contributed by atoms with van der Waals surface area (Å²) in [6.07, 6.45) is 2.41. The molecule has 49 heavy (non-hydrogen) atoms. The highest BCUT2D eigenvalue weighted by atomic mass is 16.6. The van der Waals surface area contributed by atoms with Crippen molar-refractivity contribution in [2.75, 3.05) is 59.8 Å². The fourth-order valence-corrected chi connectivity index (χ4v) is 5.53. The molecule has 4 N–H and O–H groups in total. The van der Waals surface area contributed by atoms with Crippen LogP contribution in [0.1, 0.15) is 57.8 Å². The Morgan fingerprint density at radius 2 is 1.43 bits per heavy atom. The topological polar surface area (TPSA) is 136 Å². The Morgan fingerprint density at radius 3 is 2.10 bits per heavy atom. The molecule has 260 valence electrons. The number of carbonyl (C=O) groups excluding carboxylic acids is 1. The summed E-state index contributed by atoms with van der Waals surface area (Å²) in [7, 11) is 2.04. The predicted octanol–water partition coefficient (Wildman–Crippen LogP) is 5.92. The molecule has 4 aromatic rings. The minimum Gasteiger partial charge on any atom is -0.508 e. The molecule has 0 heterocycles. The number of rotatable bonds is 21. The Hall–Kier alpha value is -4.90. The van der Waals surface area contributed by atoms with Crippen LogP contribution in [-0.2, 0) is 14.3 Å². The lowest BCUT2D eigenvalue weighted by molar-refractivity contribution is 0.0126. The molecule has 10 nitrogen and oxygen atoms in total. The molecule has 1 amide bonds. The van der Waals surface area contributed by atoms with Crippen molar-refractivity contribution in [2.24, 2.45) is 10.9 Å². The van der Waals surface area contributed by atoms with Gasteiger partial charge >= 0.3 is 0 Å². The number of likely N-dealkylation sites (N-methyl/N-ethyl adjacent to an activating group) is 1. The number of carbonyl (C=O) groups is 1. The number of primary amides is 1. The minimum absolute atomic E-state index is 0.0232. The monoisotopic (exact) mass is 669 g/mol. The second-order valence-electron chi connectivity index (χ2n) is 11.6. The van der Waals surface area contributed by atoms with E-state index in [-0.39, 0.29) is 29.6 Å². The molecule has 0 aliphatic carbocycles. The third-order valence-corrected chi connectivity index (χ3v) is 8.17. The number of aromatic hydroxyl groups is 2. The van der Waals surface area contributed by atoms with E-state index in [2.05, 4.69) is 53.4 Å². The zero-order chi connectivity index (χ0) is 34.8. The van der Waals surface area contributed by atoms with Crippen LogP contribution >= 0.6 is 0 Å². The summed E-state index contributed by atoms with van der Waals surface area (Å²) in [6, 6.07) is 30.9. The average molecular weight is 670 g/mol. The van der Waals surface area contributed by atoms with E-state index in [1.807, 2.05) is 37.4 Å². The fraction of sp³-hybridized carbons (Fsp3) is 0.333. The maximum absolute atomic E-state index is 11.3. The van der Waals surface area contributed by atoms with Gasteiger partial charge in [-0.05, 0) is 84.1 Å². The van der Waals surface area contributed by atoms with Crippen molar-refractivity contribution in [1.29, 1.82) is 0 Å². The SMILES string of the molecule is CCC(c1ccccc1)C(c1ccc(O)cc1)c1ccc(OCCN(C)CCOCCOCCO/N=C/c2ccc(O)c(C(N)=O)c2)cc1. The van der Waals surface area contributed by atoms with Crippen molar-refractivity contribution in [2.45, 2.75) is 25.2 Å². The summed E-state index contributed by atoms with van der Waals surface area (Å²) in [5.41, 5.74) is 9.50. The van der Waals surface area contributed by atoms with E-state index in [4.69, 9.17) is 24.8 Å². The molecule has 0 saturated carbocycles. The van der Waals surface area contributed by atoms with Gasteiger partial charge in [0, 0.05) is 19.0 Å². The quantitative estimate of drug-likeness (QED) is 0.0566. The highest BCUT2D eigenvalue weighted by Crippen LogP contribution is 2.41. The third-order valence-electron chi connectivity index (χ3n) is 8.17. The minimum atomic E-state index is -0.718. The molecule has 10 heteroatoms. The van der Waals surface area contributed by atoms with Crippen LogP contribution in [0.25, 0.3) is 0 Å². The van der Waals surface area contributed by atoms with E-state index >= 15 is 0 Å². The van der Waals surface area contributed by atoms with Gasteiger partial charge in [-0.25, -0.2) is 0 Å². The molecular formula is C39H47N3O7. The van der Waals surface area contributed by atoms with E-state index in [1.165, 1.54) is 35.0 Å². The summed E-state index contributed by atoms with van der Waals surface area (Å²) in [5.74, 6) is 0.632. The highest BCUT2D eigenvalue weighted by Gasteiger charge is 2.25. The number of phenols is 2. The molecular weight excluding hydrogens is 622 g/mol. The molecule has 2 unspecified atom stereocenters. The number of hydrogen-bond donors (Lipinski definition) is 3. The van der Waals surface area contributed by atoms with Crippen molar-refractivity contribution < 1.29 is 34.1 Å². The van der Waals surface area contributed by atoms with Crippen LogP contribution < -0.4 is 10.5 Å². The molecule has 0 aliphatic rings. The van der Waals surface area contributed by atoms with Crippen LogP contribution in [0.15, 0.2) is 102 Å². The van der Waals surface area contributed by atoms with Crippen LogP contribution in [-0.4, -0.2) is 87.0 Å². The number of amides is 1. The second kappa shape index (κ2) is 19.8. The van der Waals surface area contributed by atoms with Crippen LogP contribution in [0, 0.1) is 0 Å². The van der Waals surface area contributed by atoms with Crippen LogP contribution in [0.3, 0.4) is 0 Å². The number of oxime groups is 1. The van der Waals surface area contributed by atoms with Crippen LogP contribution in [0.4, 0.5) is 0 Å². The number of ether oxygens (including phenoxy) is 3. The molecule has 0 spiro atoms. The first-order chi connectivity index (χ1) is 23.9. The number of phenolic OH excluding ortho intramolecular Hbond substituents is 1. The lowest BCUT2D eigenvalue weighted by atomic mass is 9.76. The number of nitrogens with two attached hydrogens (primary N) is 1. The fourth-order valence-electron chi connectivity index (χ4n) is 5.53. The lowest BCUT2D eigenvalue weighted by Gasteiger charge is -2.28. The second-order valence-corrected chi connectivity index (χ2v) is 11.6. The molecule has 0 aromatic heterocycles. The molecule has 0 radical (unpaired) electrons. The Labute approximate surface area is 288 Å². The number of benzene rings is 4. The summed E-state index contributed by atoms with van der Waals surface area (Å²) in [4.78, 5) is 18.6. The highest BCUT2D eigenvalue weighted by molar-refractivity contribution is 5.97. The first kappa shape index (κ1) is 36.9. The average Bonchev–Trinajstić information content (AvgIpc) is 3.11. The van der Waals surface area contributed by atoms with Crippen molar-refractivity contribution in [1.82, 2.24) is 4.90 Å². The van der Waals surface area contributed by atoms with Gasteiger partial charge in [-0.1, -0.05) is 66.7 Å². The van der Waals surface area contributed by atoms with Crippen molar-refractivity contribution in [3.63, 3.8) is 0 Å². The smallest absolute Gasteiger partial charge is 0.252 e. The Bertz CT molecular complexity index is 1580. The summed E-state index contributed by atoms with van der Waals surface area (Å²) in [5, 5.41) is 23.4. The van der Waals surface area contributed by atoms with E-state index < -0.39 is 5.91 Å². The van der Waals surface area contributed by atoms with Gasteiger partial charge in [0.25, 0.3) is 5.91 Å². The Kier molecular flexibility index (Phi) is 14.9. The van der Waals surface area contributed by atoms with E-state index in [9.17, 15) is 15.0 Å². The van der Waals surface area contributed by atoms with Gasteiger partial charge in [0.05, 0.1) is 38.2 Å². The van der Waals surface area contributed by atoms with Crippen molar-refractivity contribution >= 4 is 12.1 Å². The molecule has 0 fully saturated rings. The number of hydrogen-bond acceptors (Lipinski definition) is 9. The first-order valence-electron chi connectivity index (χ1n) is 16.5. The van der Waals surface area contributed by atoms with Crippen LogP contribution in [0.5, 0.6) is 17.2 Å². The Balaban J connectivity index is 1.10. The van der Waals surface area contributed by atoms with Gasteiger partial charge in [0.1, 0.15) is 30.5 Å². The van der Waals surface area contributed by atoms with Crippen molar-refractivity contribution in [3.8, 4) is 17.2 Å². The zero-order valence-corrected chi connectivity index (χ0v) is 28.2. The van der Waals surface area contributed by atoms with Gasteiger partial charge in [-0.2, -0.15) is 0 Å².